The van der Waals surface area contributed by atoms with Crippen molar-refractivity contribution in [1.82, 2.24) is 0 Å². The van der Waals surface area contributed by atoms with E-state index in [-0.39, 0.29) is 4.75 Å². The fourth-order valence-electron chi connectivity index (χ4n) is 2.09. The van der Waals surface area contributed by atoms with E-state index in [9.17, 15) is 5.26 Å². The van der Waals surface area contributed by atoms with E-state index in [4.69, 9.17) is 11.6 Å². The normalized spacial score (nSPS) is 28.2. The molecule has 0 radical (unpaired) electrons. The molecule has 0 atom stereocenters. The lowest BCUT2D eigenvalue weighted by Gasteiger charge is -2.41. The highest BCUT2D eigenvalue weighted by molar-refractivity contribution is 8.01. The van der Waals surface area contributed by atoms with Crippen molar-refractivity contribution in [3.63, 3.8) is 0 Å². The molecule has 0 saturated heterocycles. The average Bonchev–Trinajstić information content (AvgIpc) is 2.26. The molecule has 3 heteroatoms. The Morgan fingerprint density at radius 1 is 1.44 bits per heavy atom. The highest BCUT2D eigenvalue weighted by atomic mass is 35.5. The highest BCUT2D eigenvalue weighted by Crippen LogP contribution is 2.51. The van der Waals surface area contributed by atoms with E-state index in [1.54, 1.807) is 11.8 Å². The highest BCUT2D eigenvalue weighted by Gasteiger charge is 2.44. The molecular weight excluding hydrogens is 238 g/mol. The minimum atomic E-state index is -0.186. The molecule has 1 nitrogen and oxygen atoms in total. The van der Waals surface area contributed by atoms with E-state index >= 15 is 0 Å². The number of hydrogen-bond acceptors (Lipinski definition) is 2. The van der Waals surface area contributed by atoms with Gasteiger partial charge in [0.2, 0.25) is 0 Å². The van der Waals surface area contributed by atoms with Gasteiger partial charge in [0.1, 0.15) is 4.75 Å². The van der Waals surface area contributed by atoms with Crippen LogP contribution in [0.3, 0.4) is 0 Å². The largest absolute Gasteiger partial charge is 0.197 e. The van der Waals surface area contributed by atoms with Gasteiger partial charge in [-0.3, -0.25) is 0 Å². The first-order chi connectivity index (χ1) is 7.67. The van der Waals surface area contributed by atoms with Gasteiger partial charge in [0, 0.05) is 9.92 Å². The molecule has 1 aromatic rings. The van der Waals surface area contributed by atoms with Crippen molar-refractivity contribution in [1.29, 1.82) is 5.26 Å². The van der Waals surface area contributed by atoms with Gasteiger partial charge in [-0.2, -0.15) is 5.26 Å². The summed E-state index contributed by atoms with van der Waals surface area (Å²) in [6.45, 7) is 2.19. The van der Waals surface area contributed by atoms with Crippen molar-refractivity contribution in [3.05, 3.63) is 29.3 Å². The molecule has 0 amide bonds. The number of benzene rings is 1. The van der Waals surface area contributed by atoms with Crippen LogP contribution in [0.1, 0.15) is 26.2 Å². The molecule has 84 valence electrons. The van der Waals surface area contributed by atoms with Gasteiger partial charge < -0.3 is 0 Å². The molecule has 0 heterocycles. The molecule has 1 aliphatic rings. The van der Waals surface area contributed by atoms with Crippen LogP contribution in [0.25, 0.3) is 0 Å². The van der Waals surface area contributed by atoms with E-state index in [2.05, 4.69) is 13.0 Å². The Morgan fingerprint density at radius 2 is 2.06 bits per heavy atom. The lowest BCUT2D eigenvalue weighted by atomic mass is 9.73. The number of halogens is 1. The zero-order valence-corrected chi connectivity index (χ0v) is 10.8. The standard InChI is InChI=1S/C13H14ClNS/c1-2-10-7-13(8-10,9-15)16-12-5-3-11(14)4-6-12/h3-6,10H,2,7-8H2,1H3. The number of nitriles is 1. The molecule has 1 aromatic carbocycles. The zero-order valence-electron chi connectivity index (χ0n) is 9.24. The number of thioether (sulfide) groups is 1. The number of hydrogen-bond donors (Lipinski definition) is 0. The van der Waals surface area contributed by atoms with E-state index in [0.29, 0.717) is 0 Å². The van der Waals surface area contributed by atoms with Gasteiger partial charge in [0.05, 0.1) is 6.07 Å². The maximum Gasteiger partial charge on any atom is 0.108 e. The average molecular weight is 252 g/mol. The molecular formula is C13H14ClNS. The molecule has 1 fully saturated rings. The van der Waals surface area contributed by atoms with Crippen molar-refractivity contribution in [3.8, 4) is 6.07 Å². The molecule has 0 aliphatic heterocycles. The van der Waals surface area contributed by atoms with E-state index < -0.39 is 0 Å². The molecule has 0 N–H and O–H groups in total. The molecule has 2 rings (SSSR count). The van der Waals surface area contributed by atoms with Crippen LogP contribution in [0.2, 0.25) is 5.02 Å². The van der Waals surface area contributed by atoms with Crippen molar-refractivity contribution < 1.29 is 0 Å². The van der Waals surface area contributed by atoms with Gasteiger partial charge in [0.15, 0.2) is 0 Å². The molecule has 0 aromatic heterocycles. The summed E-state index contributed by atoms with van der Waals surface area (Å²) in [5.74, 6) is 0.736. The fraction of sp³-hybridized carbons (Fsp3) is 0.462. The van der Waals surface area contributed by atoms with E-state index in [0.717, 1.165) is 28.7 Å². The van der Waals surface area contributed by atoms with Crippen LogP contribution in [0.15, 0.2) is 29.2 Å². The first-order valence-electron chi connectivity index (χ1n) is 5.53. The zero-order chi connectivity index (χ0) is 11.6. The third-order valence-corrected chi connectivity index (χ3v) is 4.72. The molecule has 1 aliphatic carbocycles. The minimum Gasteiger partial charge on any atom is -0.197 e. The first-order valence-corrected chi connectivity index (χ1v) is 6.73. The monoisotopic (exact) mass is 251 g/mol. The summed E-state index contributed by atoms with van der Waals surface area (Å²) in [5.41, 5.74) is 0. The molecule has 0 bridgehead atoms. The number of rotatable bonds is 3. The van der Waals surface area contributed by atoms with E-state index in [1.165, 1.54) is 6.42 Å². The Kier molecular flexibility index (Phi) is 3.47. The summed E-state index contributed by atoms with van der Waals surface area (Å²) >= 11 is 7.52. The topological polar surface area (TPSA) is 23.8 Å². The smallest absolute Gasteiger partial charge is 0.108 e. The third kappa shape index (κ3) is 2.36. The van der Waals surface area contributed by atoms with Gasteiger partial charge in [-0.25, -0.2) is 0 Å². The maximum atomic E-state index is 9.27. The van der Waals surface area contributed by atoms with Gasteiger partial charge in [0.25, 0.3) is 0 Å². The molecule has 1 saturated carbocycles. The fourth-order valence-corrected chi connectivity index (χ4v) is 3.62. The Bertz CT molecular complexity index is 401. The van der Waals surface area contributed by atoms with Crippen LogP contribution in [0.5, 0.6) is 0 Å². The molecule has 0 spiro atoms. The molecule has 16 heavy (non-hydrogen) atoms. The van der Waals surface area contributed by atoms with Crippen molar-refractivity contribution in [2.24, 2.45) is 5.92 Å². The van der Waals surface area contributed by atoms with Crippen LogP contribution in [-0.4, -0.2) is 4.75 Å². The van der Waals surface area contributed by atoms with Gasteiger partial charge in [-0.15, -0.1) is 11.8 Å². The van der Waals surface area contributed by atoms with Gasteiger partial charge in [-0.1, -0.05) is 24.9 Å². The summed E-state index contributed by atoms with van der Waals surface area (Å²) in [6.07, 6.45) is 3.23. The summed E-state index contributed by atoms with van der Waals surface area (Å²) in [7, 11) is 0. The Hall–Kier alpha value is -0.650. The van der Waals surface area contributed by atoms with Crippen LogP contribution in [0.4, 0.5) is 0 Å². The lowest BCUT2D eigenvalue weighted by molar-refractivity contribution is 0.269. The predicted molar refractivity (Wildman–Crippen MR) is 68.7 cm³/mol. The minimum absolute atomic E-state index is 0.186. The predicted octanol–water partition coefficient (Wildman–Crippen LogP) is 4.51. The summed E-state index contributed by atoms with van der Waals surface area (Å²) in [4.78, 5) is 1.14. The second kappa shape index (κ2) is 4.69. The van der Waals surface area contributed by atoms with E-state index in [1.807, 2.05) is 24.3 Å². The van der Waals surface area contributed by atoms with Crippen LogP contribution in [0, 0.1) is 17.2 Å². The second-order valence-corrected chi connectivity index (χ2v) is 6.24. The quantitative estimate of drug-likeness (QED) is 0.789. The summed E-state index contributed by atoms with van der Waals surface area (Å²) in [5, 5.41) is 10.0. The Balaban J connectivity index is 2.04. The van der Waals surface area contributed by atoms with Crippen molar-refractivity contribution >= 4 is 23.4 Å². The summed E-state index contributed by atoms with van der Waals surface area (Å²) < 4.78 is -0.186. The molecule has 0 unspecified atom stereocenters. The SMILES string of the molecule is CCC1CC(C#N)(Sc2ccc(Cl)cc2)C1. The van der Waals surface area contributed by atoms with Crippen LogP contribution < -0.4 is 0 Å². The maximum absolute atomic E-state index is 9.27. The number of nitrogens with zero attached hydrogens (tertiary/aromatic N) is 1. The van der Waals surface area contributed by atoms with Gasteiger partial charge in [-0.05, 0) is 43.0 Å². The second-order valence-electron chi connectivity index (χ2n) is 4.34. The third-order valence-electron chi connectivity index (χ3n) is 3.14. The first kappa shape index (κ1) is 11.8. The van der Waals surface area contributed by atoms with Crippen molar-refractivity contribution in [2.45, 2.75) is 35.8 Å². The Labute approximate surface area is 106 Å². The van der Waals surface area contributed by atoms with Crippen LogP contribution >= 0.6 is 23.4 Å². The Morgan fingerprint density at radius 3 is 2.56 bits per heavy atom. The van der Waals surface area contributed by atoms with Crippen molar-refractivity contribution in [2.75, 3.05) is 0 Å². The van der Waals surface area contributed by atoms with Crippen LogP contribution in [-0.2, 0) is 0 Å². The lowest BCUT2D eigenvalue weighted by Crippen LogP contribution is -2.39. The summed E-state index contributed by atoms with van der Waals surface area (Å²) in [6, 6.07) is 10.2. The van der Waals surface area contributed by atoms with Gasteiger partial charge >= 0.3 is 0 Å².